The number of aryl methyl sites for hydroxylation is 1. The molecule has 2 heterocycles. The number of anilines is 1. The first kappa shape index (κ1) is 16.5. The molecule has 2 aromatic rings. The summed E-state index contributed by atoms with van der Waals surface area (Å²) in [4.78, 5) is 12.3. The predicted octanol–water partition coefficient (Wildman–Crippen LogP) is 4.51. The molecule has 132 valence electrons. The predicted molar refractivity (Wildman–Crippen MR) is 97.3 cm³/mol. The number of hydrogen-bond acceptors (Lipinski definition) is 4. The van der Waals surface area contributed by atoms with Crippen LogP contribution in [0.15, 0.2) is 33.2 Å². The summed E-state index contributed by atoms with van der Waals surface area (Å²) >= 11 is 3.46. The Hall–Kier alpha value is -1.95. The minimum absolute atomic E-state index is 0.0601. The molecule has 0 saturated heterocycles. The van der Waals surface area contributed by atoms with Gasteiger partial charge in [0.2, 0.25) is 5.91 Å². The number of nitrogens with one attached hydrogen (secondary N) is 1. The van der Waals surface area contributed by atoms with Gasteiger partial charge in [0.15, 0.2) is 11.5 Å². The number of benzene rings is 1. The van der Waals surface area contributed by atoms with Gasteiger partial charge in [-0.25, -0.2) is 0 Å². The van der Waals surface area contributed by atoms with Crippen molar-refractivity contribution in [3.8, 4) is 11.5 Å². The molecular formula is C19H20BrNO4. The average molecular weight is 406 g/mol. The lowest BCUT2D eigenvalue weighted by atomic mass is 10.2. The van der Waals surface area contributed by atoms with Gasteiger partial charge in [0, 0.05) is 35.4 Å². The highest BCUT2D eigenvalue weighted by molar-refractivity contribution is 9.10. The van der Waals surface area contributed by atoms with Gasteiger partial charge in [-0.2, -0.15) is 0 Å². The van der Waals surface area contributed by atoms with Gasteiger partial charge >= 0.3 is 0 Å². The largest absolute Gasteiger partial charge is 0.486 e. The molecule has 1 aliphatic heterocycles. The first-order chi connectivity index (χ1) is 12.1. The molecule has 6 heteroatoms. The topological polar surface area (TPSA) is 60.7 Å². The monoisotopic (exact) mass is 405 g/mol. The first-order valence-electron chi connectivity index (χ1n) is 8.58. The molecule has 1 aliphatic carbocycles. The van der Waals surface area contributed by atoms with E-state index < -0.39 is 0 Å². The van der Waals surface area contributed by atoms with E-state index >= 15 is 0 Å². The number of amides is 1. The minimum Gasteiger partial charge on any atom is -0.486 e. The third-order valence-electron chi connectivity index (χ3n) is 4.66. The lowest BCUT2D eigenvalue weighted by Crippen LogP contribution is -2.17. The number of halogens is 1. The molecule has 25 heavy (non-hydrogen) atoms. The van der Waals surface area contributed by atoms with Gasteiger partial charge in [-0.3, -0.25) is 4.79 Å². The Kier molecular flexibility index (Phi) is 4.46. The van der Waals surface area contributed by atoms with Crippen molar-refractivity contribution < 1.29 is 18.7 Å². The number of carbonyl (C=O) groups is 1. The van der Waals surface area contributed by atoms with Crippen LogP contribution in [0.2, 0.25) is 0 Å². The van der Waals surface area contributed by atoms with Crippen LogP contribution in [0.3, 0.4) is 0 Å². The summed E-state index contributed by atoms with van der Waals surface area (Å²) < 4.78 is 17.7. The van der Waals surface area contributed by atoms with Crippen molar-refractivity contribution in [1.29, 1.82) is 0 Å². The molecule has 1 aromatic heterocycles. The summed E-state index contributed by atoms with van der Waals surface area (Å²) in [5.74, 6) is 4.48. The molecule has 0 radical (unpaired) electrons. The SMILES string of the molecule is CC1CC1c1ccc(CCC(=O)Nc2cc3c(cc2Br)OCCO3)o1. The molecule has 1 fully saturated rings. The van der Waals surface area contributed by atoms with Crippen molar-refractivity contribution in [1.82, 2.24) is 0 Å². The number of carbonyl (C=O) groups excluding carboxylic acids is 1. The van der Waals surface area contributed by atoms with Gasteiger partial charge < -0.3 is 19.2 Å². The zero-order valence-corrected chi connectivity index (χ0v) is 15.6. The maximum absolute atomic E-state index is 12.3. The zero-order chi connectivity index (χ0) is 17.4. The van der Waals surface area contributed by atoms with E-state index in [-0.39, 0.29) is 5.91 Å². The molecule has 0 bridgehead atoms. The van der Waals surface area contributed by atoms with Gasteiger partial charge in [0.05, 0.1) is 5.69 Å². The van der Waals surface area contributed by atoms with E-state index in [1.54, 1.807) is 6.07 Å². The van der Waals surface area contributed by atoms with Crippen molar-refractivity contribution in [3.05, 3.63) is 40.3 Å². The second-order valence-electron chi connectivity index (χ2n) is 6.65. The normalized spacial score (nSPS) is 21.0. The fraction of sp³-hybridized carbons (Fsp3) is 0.421. The Bertz CT molecular complexity index is 801. The fourth-order valence-electron chi connectivity index (χ4n) is 3.06. The Morgan fingerprint density at radius 2 is 1.96 bits per heavy atom. The lowest BCUT2D eigenvalue weighted by molar-refractivity contribution is -0.116. The Balaban J connectivity index is 1.35. The van der Waals surface area contributed by atoms with Gasteiger partial charge in [-0.05, 0) is 40.4 Å². The van der Waals surface area contributed by atoms with Gasteiger partial charge in [0.25, 0.3) is 0 Å². The number of rotatable bonds is 5. The molecule has 0 spiro atoms. The summed E-state index contributed by atoms with van der Waals surface area (Å²) in [6.07, 6.45) is 2.16. The number of ether oxygens (including phenoxy) is 2. The smallest absolute Gasteiger partial charge is 0.224 e. The van der Waals surface area contributed by atoms with E-state index in [4.69, 9.17) is 13.9 Å². The molecule has 1 saturated carbocycles. The molecule has 2 unspecified atom stereocenters. The molecule has 2 aliphatic rings. The highest BCUT2D eigenvalue weighted by Gasteiger charge is 2.36. The van der Waals surface area contributed by atoms with Crippen LogP contribution in [0.4, 0.5) is 5.69 Å². The molecule has 4 rings (SSSR count). The molecular weight excluding hydrogens is 386 g/mol. The van der Waals surface area contributed by atoms with Crippen LogP contribution in [-0.2, 0) is 11.2 Å². The number of fused-ring (bicyclic) bond motifs is 1. The Morgan fingerprint density at radius 3 is 2.68 bits per heavy atom. The van der Waals surface area contributed by atoms with Crippen LogP contribution in [0.1, 0.15) is 37.2 Å². The van der Waals surface area contributed by atoms with Crippen molar-refractivity contribution in [2.45, 2.75) is 32.1 Å². The standard InChI is InChI=1S/C19H20BrNO4/c1-11-8-13(11)16-4-2-12(25-16)3-5-19(22)21-15-10-18-17(9-14(15)20)23-6-7-24-18/h2,4,9-11,13H,3,5-8H2,1H3,(H,21,22). The van der Waals surface area contributed by atoms with E-state index in [1.165, 1.54) is 6.42 Å². The highest BCUT2D eigenvalue weighted by Crippen LogP contribution is 2.47. The third kappa shape index (κ3) is 3.68. The van der Waals surface area contributed by atoms with E-state index in [0.29, 0.717) is 49.2 Å². The summed E-state index contributed by atoms with van der Waals surface area (Å²) in [5, 5.41) is 2.92. The average Bonchev–Trinajstić information content (AvgIpc) is 3.15. The molecule has 1 aromatic carbocycles. The maximum atomic E-state index is 12.3. The van der Waals surface area contributed by atoms with Crippen molar-refractivity contribution in [2.75, 3.05) is 18.5 Å². The van der Waals surface area contributed by atoms with Crippen LogP contribution in [-0.4, -0.2) is 19.1 Å². The fourth-order valence-corrected chi connectivity index (χ4v) is 3.48. The molecule has 2 atom stereocenters. The Labute approximate surface area is 154 Å². The van der Waals surface area contributed by atoms with Crippen molar-refractivity contribution in [2.24, 2.45) is 5.92 Å². The van der Waals surface area contributed by atoms with Gasteiger partial charge in [0.1, 0.15) is 24.7 Å². The summed E-state index contributed by atoms with van der Waals surface area (Å²) in [7, 11) is 0. The summed E-state index contributed by atoms with van der Waals surface area (Å²) in [5.41, 5.74) is 0.682. The third-order valence-corrected chi connectivity index (χ3v) is 5.32. The van der Waals surface area contributed by atoms with E-state index in [9.17, 15) is 4.79 Å². The van der Waals surface area contributed by atoms with E-state index in [1.807, 2.05) is 18.2 Å². The van der Waals surface area contributed by atoms with Crippen LogP contribution in [0, 0.1) is 5.92 Å². The second kappa shape index (κ2) is 6.75. The zero-order valence-electron chi connectivity index (χ0n) is 14.0. The van der Waals surface area contributed by atoms with Crippen molar-refractivity contribution >= 4 is 27.5 Å². The van der Waals surface area contributed by atoms with E-state index in [2.05, 4.69) is 28.2 Å². The van der Waals surface area contributed by atoms with Gasteiger partial charge in [-0.1, -0.05) is 6.92 Å². The molecule has 5 nitrogen and oxygen atoms in total. The van der Waals surface area contributed by atoms with Gasteiger partial charge in [-0.15, -0.1) is 0 Å². The van der Waals surface area contributed by atoms with Crippen LogP contribution < -0.4 is 14.8 Å². The van der Waals surface area contributed by atoms with E-state index in [0.717, 1.165) is 21.9 Å². The van der Waals surface area contributed by atoms with Crippen LogP contribution in [0.25, 0.3) is 0 Å². The molecule has 1 amide bonds. The van der Waals surface area contributed by atoms with Crippen LogP contribution in [0.5, 0.6) is 11.5 Å². The quantitative estimate of drug-likeness (QED) is 0.794. The summed E-state index contributed by atoms with van der Waals surface area (Å²) in [6, 6.07) is 7.63. The van der Waals surface area contributed by atoms with Crippen LogP contribution >= 0.6 is 15.9 Å². The lowest BCUT2D eigenvalue weighted by Gasteiger charge is -2.20. The molecule has 1 N–H and O–H groups in total. The van der Waals surface area contributed by atoms with Crippen molar-refractivity contribution in [3.63, 3.8) is 0 Å². The number of furan rings is 1. The second-order valence-corrected chi connectivity index (χ2v) is 7.50. The minimum atomic E-state index is -0.0601. The first-order valence-corrected chi connectivity index (χ1v) is 9.37. The highest BCUT2D eigenvalue weighted by atomic mass is 79.9. The summed E-state index contributed by atoms with van der Waals surface area (Å²) in [6.45, 7) is 3.28. The maximum Gasteiger partial charge on any atom is 0.224 e. The Morgan fingerprint density at radius 1 is 1.24 bits per heavy atom. The number of hydrogen-bond donors (Lipinski definition) is 1.